The van der Waals surface area contributed by atoms with E-state index >= 15 is 0 Å². The summed E-state index contributed by atoms with van der Waals surface area (Å²) < 4.78 is 21.3. The second kappa shape index (κ2) is 6.75. The molecule has 0 spiro atoms. The van der Waals surface area contributed by atoms with Crippen molar-refractivity contribution in [2.24, 2.45) is 0 Å². The molecule has 6 heteroatoms. The molecule has 1 aliphatic rings. The minimum atomic E-state index is -0.310. The molecule has 0 saturated carbocycles. The minimum Gasteiger partial charge on any atom is -0.496 e. The van der Waals surface area contributed by atoms with Gasteiger partial charge in [0.15, 0.2) is 0 Å². The molecule has 0 N–H and O–H groups in total. The summed E-state index contributed by atoms with van der Waals surface area (Å²) in [6.07, 6.45) is 0.163. The summed E-state index contributed by atoms with van der Waals surface area (Å²) in [5.74, 6) is 1.68. The van der Waals surface area contributed by atoms with Crippen LogP contribution in [0.25, 0.3) is 0 Å². The number of ether oxygens (including phenoxy) is 3. The molecule has 0 aromatic heterocycles. The Bertz CT molecular complexity index is 729. The lowest BCUT2D eigenvalue weighted by atomic mass is 9.87. The molecule has 3 rings (SSSR count). The van der Waals surface area contributed by atoms with Crippen molar-refractivity contribution in [3.8, 4) is 17.2 Å². The van der Waals surface area contributed by atoms with Gasteiger partial charge in [0.2, 0.25) is 0 Å². The smallest absolute Gasteiger partial charge is 0.310 e. The number of benzene rings is 2. The standard InChI is InChI=1S/C17H17BO5/c1-20-16-9-14(4-3-11(16)8-17(19)21-2)23-13-5-6-15-12(7-13)10-22-18-15/h3-7,9,18H,8,10H2,1-2H3. The molecule has 118 valence electrons. The Morgan fingerprint density at radius 1 is 1.17 bits per heavy atom. The Hall–Kier alpha value is -2.47. The number of carbonyl (C=O) groups excluding carboxylic acids is 1. The second-order valence-electron chi connectivity index (χ2n) is 5.25. The van der Waals surface area contributed by atoms with Crippen molar-refractivity contribution in [1.82, 2.24) is 0 Å². The van der Waals surface area contributed by atoms with E-state index in [2.05, 4.69) is 4.74 Å². The average Bonchev–Trinajstić information content (AvgIpc) is 3.03. The van der Waals surface area contributed by atoms with Gasteiger partial charge in [0.1, 0.15) is 17.2 Å². The van der Waals surface area contributed by atoms with Gasteiger partial charge in [-0.1, -0.05) is 12.1 Å². The van der Waals surface area contributed by atoms with E-state index in [0.29, 0.717) is 25.6 Å². The zero-order valence-electron chi connectivity index (χ0n) is 13.1. The number of esters is 1. The van der Waals surface area contributed by atoms with E-state index in [-0.39, 0.29) is 12.4 Å². The second-order valence-corrected chi connectivity index (χ2v) is 5.25. The van der Waals surface area contributed by atoms with Crippen LogP contribution in [-0.2, 0) is 27.2 Å². The van der Waals surface area contributed by atoms with E-state index < -0.39 is 0 Å². The van der Waals surface area contributed by atoms with E-state index in [0.717, 1.165) is 16.9 Å². The van der Waals surface area contributed by atoms with E-state index in [4.69, 9.17) is 14.1 Å². The van der Waals surface area contributed by atoms with Crippen LogP contribution in [0.3, 0.4) is 0 Å². The monoisotopic (exact) mass is 312 g/mol. The number of hydrogen-bond acceptors (Lipinski definition) is 5. The molecular weight excluding hydrogens is 295 g/mol. The van der Waals surface area contributed by atoms with Crippen molar-refractivity contribution in [2.75, 3.05) is 14.2 Å². The summed E-state index contributed by atoms with van der Waals surface area (Å²) in [5.41, 5.74) is 3.11. The number of hydrogen-bond donors (Lipinski definition) is 0. The summed E-state index contributed by atoms with van der Waals surface area (Å²) in [6.45, 7) is 0.619. The number of methoxy groups -OCH3 is 2. The maximum Gasteiger partial charge on any atom is 0.310 e. The fourth-order valence-electron chi connectivity index (χ4n) is 2.51. The third-order valence-corrected chi connectivity index (χ3v) is 3.75. The first-order valence-electron chi connectivity index (χ1n) is 7.30. The summed E-state index contributed by atoms with van der Waals surface area (Å²) in [5, 5.41) is 0. The topological polar surface area (TPSA) is 54.0 Å². The first kappa shape index (κ1) is 15.4. The zero-order chi connectivity index (χ0) is 16.2. The summed E-state index contributed by atoms with van der Waals surface area (Å²) in [7, 11) is 3.59. The molecule has 0 radical (unpaired) electrons. The fourth-order valence-corrected chi connectivity index (χ4v) is 2.51. The Morgan fingerprint density at radius 3 is 2.74 bits per heavy atom. The van der Waals surface area contributed by atoms with Crippen LogP contribution in [0.15, 0.2) is 36.4 Å². The Balaban J connectivity index is 1.79. The van der Waals surface area contributed by atoms with Gasteiger partial charge in [0.05, 0.1) is 27.2 Å². The van der Waals surface area contributed by atoms with Crippen LogP contribution in [0, 0.1) is 0 Å². The molecular formula is C17H17BO5. The van der Waals surface area contributed by atoms with Gasteiger partial charge in [-0.05, 0) is 29.2 Å². The van der Waals surface area contributed by atoms with Crippen molar-refractivity contribution in [3.05, 3.63) is 47.5 Å². The molecule has 0 bridgehead atoms. The highest BCUT2D eigenvalue weighted by Crippen LogP contribution is 2.29. The van der Waals surface area contributed by atoms with Crippen LogP contribution >= 0.6 is 0 Å². The molecule has 0 amide bonds. The normalized spacial score (nSPS) is 12.3. The fraction of sp³-hybridized carbons (Fsp3) is 0.235. The summed E-state index contributed by atoms with van der Waals surface area (Å²) in [4.78, 5) is 11.4. The largest absolute Gasteiger partial charge is 0.496 e. The van der Waals surface area contributed by atoms with Crippen LogP contribution in [0.4, 0.5) is 0 Å². The lowest BCUT2D eigenvalue weighted by Crippen LogP contribution is -2.10. The van der Waals surface area contributed by atoms with Gasteiger partial charge in [-0.3, -0.25) is 4.79 Å². The third kappa shape index (κ3) is 3.48. The molecule has 1 aliphatic heterocycles. The maximum absolute atomic E-state index is 11.4. The highest BCUT2D eigenvalue weighted by atomic mass is 16.5. The van der Waals surface area contributed by atoms with Crippen LogP contribution in [-0.4, -0.2) is 27.7 Å². The van der Waals surface area contributed by atoms with Gasteiger partial charge in [-0.2, -0.15) is 0 Å². The molecule has 2 aromatic carbocycles. The maximum atomic E-state index is 11.4. The number of carbonyl (C=O) groups is 1. The molecule has 23 heavy (non-hydrogen) atoms. The SMILES string of the molecule is COC(=O)Cc1ccc(Oc2ccc3c(c2)COB3)cc1OC. The molecule has 0 unspecified atom stereocenters. The van der Waals surface area contributed by atoms with E-state index in [1.807, 2.05) is 30.3 Å². The Morgan fingerprint density at radius 2 is 1.96 bits per heavy atom. The van der Waals surface area contributed by atoms with E-state index in [1.54, 1.807) is 13.2 Å². The lowest BCUT2D eigenvalue weighted by molar-refractivity contribution is -0.139. The lowest BCUT2D eigenvalue weighted by Gasteiger charge is -2.12. The van der Waals surface area contributed by atoms with Gasteiger partial charge >= 0.3 is 13.5 Å². The number of fused-ring (bicyclic) bond motifs is 1. The van der Waals surface area contributed by atoms with Crippen molar-refractivity contribution < 1.29 is 23.7 Å². The Labute approximate surface area is 135 Å². The van der Waals surface area contributed by atoms with Gasteiger partial charge in [-0.15, -0.1) is 0 Å². The van der Waals surface area contributed by atoms with Gasteiger partial charge in [-0.25, -0.2) is 0 Å². The summed E-state index contributed by atoms with van der Waals surface area (Å²) >= 11 is 0. The number of rotatable bonds is 5. The molecule has 2 aromatic rings. The van der Waals surface area contributed by atoms with Crippen LogP contribution < -0.4 is 14.9 Å². The Kier molecular flexibility index (Phi) is 4.53. The zero-order valence-corrected chi connectivity index (χ0v) is 13.1. The van der Waals surface area contributed by atoms with Gasteiger partial charge < -0.3 is 18.9 Å². The van der Waals surface area contributed by atoms with Crippen LogP contribution in [0.2, 0.25) is 0 Å². The molecule has 5 nitrogen and oxygen atoms in total. The molecule has 1 heterocycles. The quantitative estimate of drug-likeness (QED) is 0.621. The van der Waals surface area contributed by atoms with Crippen molar-refractivity contribution in [2.45, 2.75) is 13.0 Å². The molecule has 0 atom stereocenters. The van der Waals surface area contributed by atoms with Crippen LogP contribution in [0.5, 0.6) is 17.2 Å². The van der Waals surface area contributed by atoms with Crippen molar-refractivity contribution >= 4 is 18.9 Å². The van der Waals surface area contributed by atoms with Crippen LogP contribution in [0.1, 0.15) is 11.1 Å². The average molecular weight is 312 g/mol. The van der Waals surface area contributed by atoms with E-state index in [1.165, 1.54) is 12.6 Å². The van der Waals surface area contributed by atoms with Gasteiger partial charge in [0, 0.05) is 11.6 Å². The molecule has 0 saturated heterocycles. The van der Waals surface area contributed by atoms with Crippen molar-refractivity contribution in [1.29, 1.82) is 0 Å². The summed E-state index contributed by atoms with van der Waals surface area (Å²) in [6, 6.07) is 11.3. The minimum absolute atomic E-state index is 0.163. The molecule has 0 fully saturated rings. The van der Waals surface area contributed by atoms with E-state index in [9.17, 15) is 4.79 Å². The van der Waals surface area contributed by atoms with Gasteiger partial charge in [0.25, 0.3) is 0 Å². The first-order valence-corrected chi connectivity index (χ1v) is 7.30. The highest BCUT2D eigenvalue weighted by Gasteiger charge is 2.14. The predicted octanol–water partition coefficient (Wildman–Crippen LogP) is 1.71. The predicted molar refractivity (Wildman–Crippen MR) is 86.8 cm³/mol. The third-order valence-electron chi connectivity index (χ3n) is 3.75. The van der Waals surface area contributed by atoms with Crippen molar-refractivity contribution in [3.63, 3.8) is 0 Å². The first-order chi connectivity index (χ1) is 11.2. The molecule has 0 aliphatic carbocycles. The highest BCUT2D eigenvalue weighted by molar-refractivity contribution is 6.48.